The van der Waals surface area contributed by atoms with E-state index in [0.29, 0.717) is 11.3 Å². The highest BCUT2D eigenvalue weighted by molar-refractivity contribution is 9.10. The molecule has 0 spiro atoms. The van der Waals surface area contributed by atoms with Gasteiger partial charge in [0.25, 0.3) is 0 Å². The average molecular weight is 373 g/mol. The maximum Gasteiger partial charge on any atom is 0.339 e. The topological polar surface area (TPSA) is 89.3 Å². The third kappa shape index (κ3) is 4.15. The lowest BCUT2D eigenvalue weighted by molar-refractivity contribution is 0.0697. The third-order valence-electron chi connectivity index (χ3n) is 2.78. The lowest BCUT2D eigenvalue weighted by Crippen LogP contribution is -2.11. The van der Waals surface area contributed by atoms with Crippen molar-refractivity contribution >= 4 is 31.7 Å². The maximum absolute atomic E-state index is 11.3. The molecule has 1 N–H and O–H groups in total. The van der Waals surface area contributed by atoms with Crippen LogP contribution < -0.4 is 0 Å². The molecule has 0 atom stereocenters. The molecule has 0 saturated heterocycles. The number of benzene rings is 1. The molecule has 0 aliphatic heterocycles. The molecule has 1 heterocycles. The highest BCUT2D eigenvalue weighted by Crippen LogP contribution is 2.25. The van der Waals surface area contributed by atoms with Gasteiger partial charge in [-0.3, -0.25) is 4.68 Å². The lowest BCUT2D eigenvalue weighted by atomic mass is 10.1. The predicted octanol–water partition coefficient (Wildman–Crippen LogP) is 2.06. The van der Waals surface area contributed by atoms with Gasteiger partial charge < -0.3 is 5.11 Å². The Hall–Kier alpha value is -1.67. The number of nitrogens with zero attached hydrogens (tertiary/aromatic N) is 2. The van der Waals surface area contributed by atoms with Crippen molar-refractivity contribution in [3.63, 3.8) is 0 Å². The van der Waals surface area contributed by atoms with Crippen LogP contribution in [0.25, 0.3) is 11.3 Å². The second kappa shape index (κ2) is 5.98. The Morgan fingerprint density at radius 1 is 1.43 bits per heavy atom. The summed E-state index contributed by atoms with van der Waals surface area (Å²) in [5, 5.41) is 13.5. The number of halogens is 1. The van der Waals surface area contributed by atoms with E-state index in [2.05, 4.69) is 21.0 Å². The number of aryl methyl sites for hydroxylation is 1. The van der Waals surface area contributed by atoms with Gasteiger partial charge in [0, 0.05) is 22.5 Å². The Morgan fingerprint density at radius 3 is 2.71 bits per heavy atom. The smallest absolute Gasteiger partial charge is 0.339 e. The molecular weight excluding hydrogens is 360 g/mol. The van der Waals surface area contributed by atoms with Crippen LogP contribution in [-0.4, -0.2) is 41.3 Å². The predicted molar refractivity (Wildman–Crippen MR) is 82.0 cm³/mol. The highest BCUT2D eigenvalue weighted by Gasteiger charge is 2.17. The quantitative estimate of drug-likeness (QED) is 0.867. The summed E-state index contributed by atoms with van der Waals surface area (Å²) in [7, 11) is -3.13. The van der Waals surface area contributed by atoms with Crippen LogP contribution in [-0.2, 0) is 16.4 Å². The number of aromatic carboxylic acids is 1. The van der Waals surface area contributed by atoms with Crippen molar-refractivity contribution in [3.05, 3.63) is 40.5 Å². The van der Waals surface area contributed by atoms with Crippen molar-refractivity contribution in [3.8, 4) is 11.3 Å². The Labute approximate surface area is 130 Å². The van der Waals surface area contributed by atoms with Crippen molar-refractivity contribution in [1.82, 2.24) is 9.78 Å². The lowest BCUT2D eigenvalue weighted by Gasteiger charge is -2.00. The fourth-order valence-electron chi connectivity index (χ4n) is 1.80. The van der Waals surface area contributed by atoms with Crippen molar-refractivity contribution in [2.45, 2.75) is 6.54 Å². The number of carbonyl (C=O) groups is 1. The van der Waals surface area contributed by atoms with Crippen molar-refractivity contribution in [2.75, 3.05) is 12.0 Å². The number of rotatable bonds is 5. The van der Waals surface area contributed by atoms with Crippen molar-refractivity contribution in [1.29, 1.82) is 0 Å². The van der Waals surface area contributed by atoms with E-state index in [9.17, 15) is 18.3 Å². The number of carboxylic acids is 1. The molecule has 0 fully saturated rings. The van der Waals surface area contributed by atoms with Gasteiger partial charge in [-0.05, 0) is 12.1 Å². The number of carboxylic acid groups (broad SMARTS) is 1. The van der Waals surface area contributed by atoms with Crippen LogP contribution >= 0.6 is 15.9 Å². The molecule has 0 radical (unpaired) electrons. The van der Waals surface area contributed by atoms with Gasteiger partial charge in [-0.1, -0.05) is 28.1 Å². The normalized spacial score (nSPS) is 11.5. The molecule has 0 aliphatic rings. The Kier molecular flexibility index (Phi) is 4.48. The Morgan fingerprint density at radius 2 is 2.14 bits per heavy atom. The van der Waals surface area contributed by atoms with Gasteiger partial charge in [0.1, 0.15) is 21.1 Å². The van der Waals surface area contributed by atoms with Gasteiger partial charge in [-0.2, -0.15) is 5.10 Å². The zero-order chi connectivity index (χ0) is 15.6. The zero-order valence-corrected chi connectivity index (χ0v) is 13.6. The Balaban J connectivity index is 2.41. The minimum absolute atomic E-state index is 0.0431. The van der Waals surface area contributed by atoms with Crippen molar-refractivity contribution in [2.24, 2.45) is 0 Å². The summed E-state index contributed by atoms with van der Waals surface area (Å²) >= 11 is 3.32. The molecular formula is C13H13BrN2O4S. The second-order valence-corrected chi connectivity index (χ2v) is 7.78. The molecule has 112 valence electrons. The molecule has 2 aromatic rings. The molecule has 0 amide bonds. The van der Waals surface area contributed by atoms with E-state index < -0.39 is 15.8 Å². The van der Waals surface area contributed by atoms with Crippen LogP contribution in [0.2, 0.25) is 0 Å². The van der Waals surface area contributed by atoms with Crippen molar-refractivity contribution < 1.29 is 18.3 Å². The average Bonchev–Trinajstić information content (AvgIpc) is 2.80. The summed E-state index contributed by atoms with van der Waals surface area (Å²) in [5.74, 6) is -1.19. The maximum atomic E-state index is 11.3. The van der Waals surface area contributed by atoms with Crippen LogP contribution in [0, 0.1) is 0 Å². The summed E-state index contributed by atoms with van der Waals surface area (Å²) in [5.41, 5.74) is 1.01. The molecule has 0 saturated carbocycles. The third-order valence-corrected chi connectivity index (χ3v) is 4.20. The summed E-state index contributed by atoms with van der Waals surface area (Å²) in [4.78, 5) is 11.3. The largest absolute Gasteiger partial charge is 0.478 e. The van der Waals surface area contributed by atoms with E-state index >= 15 is 0 Å². The first kappa shape index (κ1) is 15.7. The number of hydrogen-bond acceptors (Lipinski definition) is 4. The van der Waals surface area contributed by atoms with Gasteiger partial charge >= 0.3 is 5.97 Å². The van der Waals surface area contributed by atoms with Gasteiger partial charge in [-0.25, -0.2) is 13.2 Å². The first-order valence-corrected chi connectivity index (χ1v) is 8.86. The van der Waals surface area contributed by atoms with E-state index in [1.54, 1.807) is 18.2 Å². The van der Waals surface area contributed by atoms with Gasteiger partial charge in [0.15, 0.2) is 0 Å². The number of hydrogen-bond donors (Lipinski definition) is 1. The molecule has 6 nitrogen and oxygen atoms in total. The number of aromatic nitrogens is 2. The highest BCUT2D eigenvalue weighted by atomic mass is 79.9. The van der Waals surface area contributed by atoms with Crippen LogP contribution in [0.3, 0.4) is 0 Å². The summed E-state index contributed by atoms with van der Waals surface area (Å²) in [6.07, 6.45) is 2.48. The van der Waals surface area contributed by atoms with Gasteiger partial charge in [-0.15, -0.1) is 0 Å². The van der Waals surface area contributed by atoms with Crippen LogP contribution in [0.15, 0.2) is 34.9 Å². The molecule has 2 rings (SSSR count). The first-order valence-electron chi connectivity index (χ1n) is 6.01. The second-order valence-electron chi connectivity index (χ2n) is 4.60. The zero-order valence-electron chi connectivity index (χ0n) is 11.2. The van der Waals surface area contributed by atoms with E-state index in [0.717, 1.165) is 10.7 Å². The van der Waals surface area contributed by atoms with Gasteiger partial charge in [0.2, 0.25) is 0 Å². The molecule has 0 aliphatic carbocycles. The SMILES string of the molecule is CS(=O)(=O)CCn1cc(C(=O)O)c(-c2cccc(Br)c2)n1. The van der Waals surface area contributed by atoms with E-state index in [4.69, 9.17) is 0 Å². The van der Waals surface area contributed by atoms with Crippen LogP contribution in [0.5, 0.6) is 0 Å². The minimum atomic E-state index is -3.13. The number of sulfone groups is 1. The van der Waals surface area contributed by atoms with E-state index in [1.807, 2.05) is 6.07 Å². The molecule has 21 heavy (non-hydrogen) atoms. The monoisotopic (exact) mass is 372 g/mol. The summed E-state index contributed by atoms with van der Waals surface area (Å²) in [6.45, 7) is 0.118. The summed E-state index contributed by atoms with van der Waals surface area (Å²) < 4.78 is 24.5. The standard InChI is InChI=1S/C13H13BrN2O4S/c1-21(19,20)6-5-16-8-11(13(17)18)12(15-16)9-3-2-4-10(14)7-9/h2-4,7-8H,5-6H2,1H3,(H,17,18). The first-order chi connectivity index (χ1) is 9.76. The van der Waals surface area contributed by atoms with E-state index in [-0.39, 0.29) is 17.9 Å². The molecule has 0 bridgehead atoms. The minimum Gasteiger partial charge on any atom is -0.478 e. The van der Waals surface area contributed by atoms with E-state index in [1.165, 1.54) is 10.9 Å². The van der Waals surface area contributed by atoms with Gasteiger partial charge in [0.05, 0.1) is 12.3 Å². The fourth-order valence-corrected chi connectivity index (χ4v) is 2.72. The fraction of sp³-hybridized carbons (Fsp3) is 0.231. The Bertz CT molecular complexity index is 783. The van der Waals surface area contributed by atoms with Crippen LogP contribution in [0.1, 0.15) is 10.4 Å². The summed E-state index contributed by atoms with van der Waals surface area (Å²) in [6, 6.07) is 7.11. The molecule has 0 unspecified atom stereocenters. The molecule has 8 heteroatoms. The molecule has 1 aromatic carbocycles. The van der Waals surface area contributed by atoms with Crippen LogP contribution in [0.4, 0.5) is 0 Å². The molecule has 1 aromatic heterocycles.